The van der Waals surface area contributed by atoms with Gasteiger partial charge in [-0.05, 0) is 43.8 Å². The molecule has 0 fully saturated rings. The first kappa shape index (κ1) is 15.8. The van der Waals surface area contributed by atoms with E-state index in [1.807, 2.05) is 38.1 Å². The van der Waals surface area contributed by atoms with Gasteiger partial charge in [0.05, 0.1) is 5.75 Å². The van der Waals surface area contributed by atoms with E-state index >= 15 is 0 Å². The Bertz CT molecular complexity index is 469. The molecule has 0 unspecified atom stereocenters. The molecule has 2 N–H and O–H groups in total. The maximum Gasteiger partial charge on any atom is 0.232 e. The highest BCUT2D eigenvalue weighted by atomic mass is 32.2. The van der Waals surface area contributed by atoms with Gasteiger partial charge in [-0.2, -0.15) is 0 Å². The lowest BCUT2D eigenvalue weighted by molar-refractivity contribution is 0.595. The molecule has 0 aromatic heterocycles. The fourth-order valence-corrected chi connectivity index (χ4v) is 2.74. The summed E-state index contributed by atoms with van der Waals surface area (Å²) in [6, 6.07) is 7.32. The monoisotopic (exact) mass is 285 g/mol. The Labute approximate surface area is 116 Å². The van der Waals surface area contributed by atoms with Crippen molar-refractivity contribution >= 4 is 21.4 Å². The van der Waals surface area contributed by atoms with Gasteiger partial charge in [0.2, 0.25) is 10.0 Å². The van der Waals surface area contributed by atoms with Gasteiger partial charge in [-0.25, -0.2) is 8.42 Å². The summed E-state index contributed by atoms with van der Waals surface area (Å²) >= 11 is 0. The van der Waals surface area contributed by atoms with E-state index in [4.69, 9.17) is 0 Å². The predicted molar refractivity (Wildman–Crippen MR) is 81.3 cm³/mol. The Morgan fingerprint density at radius 1 is 1.16 bits per heavy atom. The van der Waals surface area contributed by atoms with Gasteiger partial charge in [-0.15, -0.1) is 0 Å². The zero-order valence-electron chi connectivity index (χ0n) is 11.8. The van der Waals surface area contributed by atoms with Crippen LogP contribution in [0, 0.1) is 0 Å². The Morgan fingerprint density at radius 2 is 1.79 bits per heavy atom. The Balaban J connectivity index is 2.53. The molecule has 108 valence electrons. The summed E-state index contributed by atoms with van der Waals surface area (Å²) in [5.74, 6) is 0.134. The molecule has 6 heteroatoms. The number of sulfonamides is 1. The Hall–Kier alpha value is -1.27. The van der Waals surface area contributed by atoms with Crippen LogP contribution in [0.25, 0.3) is 0 Å². The largest absolute Gasteiger partial charge is 0.378 e. The average molecular weight is 285 g/mol. The Kier molecular flexibility index (Phi) is 6.11. The SMILES string of the molecule is CCNCCCS(=O)(=O)Nc1ccc(N(C)C)cc1. The molecule has 0 amide bonds. The molecular formula is C13H23N3O2S. The van der Waals surface area contributed by atoms with Crippen LogP contribution in [0.3, 0.4) is 0 Å². The number of benzene rings is 1. The third kappa shape index (κ3) is 5.94. The van der Waals surface area contributed by atoms with E-state index in [1.54, 1.807) is 12.1 Å². The van der Waals surface area contributed by atoms with Crippen LogP contribution in [0.4, 0.5) is 11.4 Å². The van der Waals surface area contributed by atoms with Gasteiger partial charge in [0.25, 0.3) is 0 Å². The van der Waals surface area contributed by atoms with E-state index in [0.29, 0.717) is 12.1 Å². The van der Waals surface area contributed by atoms with Crippen molar-refractivity contribution in [1.82, 2.24) is 5.32 Å². The third-order valence-electron chi connectivity index (χ3n) is 2.67. The normalized spacial score (nSPS) is 11.3. The molecule has 5 nitrogen and oxygen atoms in total. The molecule has 0 aliphatic heterocycles. The lowest BCUT2D eigenvalue weighted by atomic mass is 10.3. The van der Waals surface area contributed by atoms with E-state index in [0.717, 1.165) is 18.8 Å². The first-order valence-corrected chi connectivity index (χ1v) is 8.08. The quantitative estimate of drug-likeness (QED) is 0.711. The molecule has 0 heterocycles. The molecule has 0 aliphatic rings. The van der Waals surface area contributed by atoms with Gasteiger partial charge in [0.1, 0.15) is 0 Å². The summed E-state index contributed by atoms with van der Waals surface area (Å²) in [4.78, 5) is 1.97. The molecule has 0 spiro atoms. The zero-order valence-corrected chi connectivity index (χ0v) is 12.6. The van der Waals surface area contributed by atoms with Crippen molar-refractivity contribution in [3.8, 4) is 0 Å². The fraction of sp³-hybridized carbons (Fsp3) is 0.538. The van der Waals surface area contributed by atoms with E-state index in [9.17, 15) is 8.42 Å². The maximum absolute atomic E-state index is 11.8. The Morgan fingerprint density at radius 3 is 2.32 bits per heavy atom. The molecule has 1 aromatic carbocycles. The van der Waals surface area contributed by atoms with Gasteiger partial charge < -0.3 is 10.2 Å². The van der Waals surface area contributed by atoms with Crippen LogP contribution in [-0.4, -0.2) is 41.4 Å². The van der Waals surface area contributed by atoms with Crippen LogP contribution in [0.1, 0.15) is 13.3 Å². The lowest BCUT2D eigenvalue weighted by Crippen LogP contribution is -2.21. The standard InChI is InChI=1S/C13H23N3O2S/c1-4-14-10-5-11-19(17,18)15-12-6-8-13(9-7-12)16(2)3/h6-9,14-15H,4-5,10-11H2,1-3H3. The maximum atomic E-state index is 11.8. The minimum Gasteiger partial charge on any atom is -0.378 e. The highest BCUT2D eigenvalue weighted by Crippen LogP contribution is 2.16. The van der Waals surface area contributed by atoms with Crippen molar-refractivity contribution < 1.29 is 8.42 Å². The van der Waals surface area contributed by atoms with Crippen LogP contribution in [0.15, 0.2) is 24.3 Å². The second-order valence-electron chi connectivity index (χ2n) is 4.57. The first-order chi connectivity index (χ1) is 8.94. The van der Waals surface area contributed by atoms with E-state index in [1.165, 1.54) is 0 Å². The minimum atomic E-state index is -3.25. The summed E-state index contributed by atoms with van der Waals surface area (Å²) < 4.78 is 26.3. The second-order valence-corrected chi connectivity index (χ2v) is 6.41. The summed E-state index contributed by atoms with van der Waals surface area (Å²) in [5.41, 5.74) is 1.64. The van der Waals surface area contributed by atoms with Crippen LogP contribution >= 0.6 is 0 Å². The molecule has 1 aromatic rings. The van der Waals surface area contributed by atoms with Crippen LogP contribution in [0.2, 0.25) is 0 Å². The first-order valence-electron chi connectivity index (χ1n) is 6.43. The minimum absolute atomic E-state index is 0.134. The van der Waals surface area contributed by atoms with E-state index < -0.39 is 10.0 Å². The number of anilines is 2. The van der Waals surface area contributed by atoms with E-state index in [2.05, 4.69) is 10.0 Å². The average Bonchev–Trinajstić information content (AvgIpc) is 2.35. The molecular weight excluding hydrogens is 262 g/mol. The van der Waals surface area contributed by atoms with Gasteiger partial charge in [-0.3, -0.25) is 4.72 Å². The summed E-state index contributed by atoms with van der Waals surface area (Å²) in [7, 11) is 0.637. The van der Waals surface area contributed by atoms with Crippen LogP contribution < -0.4 is 14.9 Å². The topological polar surface area (TPSA) is 61.4 Å². The number of rotatable bonds is 8. The van der Waals surface area contributed by atoms with Crippen LogP contribution in [-0.2, 0) is 10.0 Å². The molecule has 0 aliphatic carbocycles. The smallest absolute Gasteiger partial charge is 0.232 e. The predicted octanol–water partition coefficient (Wildman–Crippen LogP) is 1.49. The zero-order chi connectivity index (χ0) is 14.3. The van der Waals surface area contributed by atoms with Crippen molar-refractivity contribution in [2.75, 3.05) is 42.6 Å². The number of nitrogens with one attached hydrogen (secondary N) is 2. The van der Waals surface area contributed by atoms with Crippen molar-refractivity contribution in [2.24, 2.45) is 0 Å². The summed E-state index contributed by atoms with van der Waals surface area (Å²) in [6.07, 6.45) is 0.610. The second kappa shape index (κ2) is 7.35. The number of nitrogens with zero attached hydrogens (tertiary/aromatic N) is 1. The van der Waals surface area contributed by atoms with Gasteiger partial charge in [-0.1, -0.05) is 6.92 Å². The van der Waals surface area contributed by atoms with Crippen molar-refractivity contribution in [1.29, 1.82) is 0 Å². The third-order valence-corrected chi connectivity index (χ3v) is 4.05. The molecule has 0 radical (unpaired) electrons. The van der Waals surface area contributed by atoms with Crippen molar-refractivity contribution in [3.63, 3.8) is 0 Å². The summed E-state index contributed by atoms with van der Waals surface area (Å²) in [6.45, 7) is 3.58. The highest BCUT2D eigenvalue weighted by molar-refractivity contribution is 7.92. The lowest BCUT2D eigenvalue weighted by Gasteiger charge is -2.13. The van der Waals surface area contributed by atoms with Gasteiger partial charge >= 0.3 is 0 Å². The highest BCUT2D eigenvalue weighted by Gasteiger charge is 2.09. The van der Waals surface area contributed by atoms with Crippen molar-refractivity contribution in [2.45, 2.75) is 13.3 Å². The molecule has 19 heavy (non-hydrogen) atoms. The van der Waals surface area contributed by atoms with E-state index in [-0.39, 0.29) is 5.75 Å². The summed E-state index contributed by atoms with van der Waals surface area (Å²) in [5, 5.41) is 3.11. The van der Waals surface area contributed by atoms with Crippen molar-refractivity contribution in [3.05, 3.63) is 24.3 Å². The molecule has 0 atom stereocenters. The number of hydrogen-bond acceptors (Lipinski definition) is 4. The van der Waals surface area contributed by atoms with Gasteiger partial charge in [0.15, 0.2) is 0 Å². The number of hydrogen-bond donors (Lipinski definition) is 2. The van der Waals surface area contributed by atoms with Gasteiger partial charge in [0, 0.05) is 25.5 Å². The van der Waals surface area contributed by atoms with Crippen LogP contribution in [0.5, 0.6) is 0 Å². The molecule has 0 saturated heterocycles. The molecule has 1 rings (SSSR count). The molecule has 0 bridgehead atoms. The fourth-order valence-electron chi connectivity index (χ4n) is 1.62. The molecule has 0 saturated carbocycles.